The summed E-state index contributed by atoms with van der Waals surface area (Å²) in [6, 6.07) is 32.3. The number of nitrogens with zero attached hydrogens (tertiary/aromatic N) is 1. The first-order valence-corrected chi connectivity index (χ1v) is 25.5. The monoisotopic (exact) mass is 866 g/mol. The van der Waals surface area contributed by atoms with Crippen LogP contribution in [-0.4, -0.2) is 67.4 Å². The van der Waals surface area contributed by atoms with Crippen molar-refractivity contribution >= 4 is 51.9 Å². The van der Waals surface area contributed by atoms with Crippen LogP contribution in [0.4, 0.5) is 5.69 Å². The van der Waals surface area contributed by atoms with Gasteiger partial charge in [0.05, 0.1) is 23.6 Å². The SMILES string of the molecule is CO[C@H]1/C=C/CC[C@H](CCO[Si](c2ccccc2)(c2ccccc2)C(C)(C)C)S(=O)(=O)NC(=O)c2ccc3c(c2)N(C[C@@H]2CC[C@H]21)C[C@@]1(CCCc2cc(Cl)ccc21)CO3. The minimum Gasteiger partial charge on any atom is -0.490 e. The van der Waals surface area contributed by atoms with Gasteiger partial charge in [0, 0.05) is 42.8 Å². The van der Waals surface area contributed by atoms with Crippen molar-refractivity contribution in [2.45, 2.75) is 93.9 Å². The number of carbonyl (C=O) groups excluding carboxylic acids is 1. The van der Waals surface area contributed by atoms with E-state index in [4.69, 9.17) is 25.5 Å². The standard InChI is InChI=1S/C49H59ClN2O6SSi/c1-48(2,3)60(40-16-7-5-8-17-40,41-18-9-6-10-19-41)58-29-27-39-15-11-12-20-45(56-4)42-24-21-37(42)32-52-33-49(28-13-14-35-30-38(50)23-25-43(35)49)34-57-46-26-22-36(31-44(46)52)47(53)51-59(39,54)55/h5-10,12,16-20,22-23,25-26,30-31,37,39,42,45H,11,13-15,21,24,27-29,32-34H2,1-4H3,(H,51,53)/b20-12+/t37-,39+,42+,45-,49-/m0/s1. The lowest BCUT2D eigenvalue weighted by atomic mass is 9.68. The van der Waals surface area contributed by atoms with Gasteiger partial charge in [-0.25, -0.2) is 13.1 Å². The lowest BCUT2D eigenvalue weighted by Crippen LogP contribution is -2.66. The van der Waals surface area contributed by atoms with E-state index in [1.165, 1.54) is 11.1 Å². The van der Waals surface area contributed by atoms with Gasteiger partial charge in [-0.15, -0.1) is 0 Å². The molecule has 1 N–H and O–H groups in total. The third-order valence-electron chi connectivity index (χ3n) is 13.8. The Kier molecular flexibility index (Phi) is 12.4. The smallest absolute Gasteiger partial charge is 0.264 e. The number of hydrogen-bond acceptors (Lipinski definition) is 7. The van der Waals surface area contributed by atoms with Gasteiger partial charge in [-0.05, 0) is 120 Å². The van der Waals surface area contributed by atoms with Crippen molar-refractivity contribution in [2.24, 2.45) is 11.8 Å². The molecule has 0 radical (unpaired) electrons. The van der Waals surface area contributed by atoms with Crippen molar-refractivity contribution in [2.75, 3.05) is 38.3 Å². The van der Waals surface area contributed by atoms with E-state index >= 15 is 0 Å². The van der Waals surface area contributed by atoms with Crippen LogP contribution < -0.4 is 24.7 Å². The Balaban J connectivity index is 1.12. The molecule has 60 heavy (non-hydrogen) atoms. The Morgan fingerprint density at radius 1 is 0.950 bits per heavy atom. The number of rotatable bonds is 7. The molecule has 2 bridgehead atoms. The van der Waals surface area contributed by atoms with E-state index in [1.807, 2.05) is 54.6 Å². The molecular weight excluding hydrogens is 808 g/mol. The van der Waals surface area contributed by atoms with Crippen LogP contribution >= 0.6 is 11.6 Å². The molecule has 0 aromatic heterocycles. The minimum absolute atomic E-state index is 0.0922. The van der Waals surface area contributed by atoms with Crippen LogP contribution in [0, 0.1) is 11.8 Å². The minimum atomic E-state index is -4.14. The predicted octanol–water partition coefficient (Wildman–Crippen LogP) is 8.60. The third kappa shape index (κ3) is 8.35. The average Bonchev–Trinajstić information content (AvgIpc) is 3.37. The fraction of sp³-hybridized carbons (Fsp3) is 0.449. The van der Waals surface area contributed by atoms with Crippen LogP contribution in [0.2, 0.25) is 10.1 Å². The molecule has 1 spiro atoms. The summed E-state index contributed by atoms with van der Waals surface area (Å²) in [7, 11) is -5.29. The summed E-state index contributed by atoms with van der Waals surface area (Å²) in [5, 5.41) is 1.85. The van der Waals surface area contributed by atoms with Crippen LogP contribution in [0.15, 0.2) is 109 Å². The Bertz CT molecular complexity index is 2260. The van der Waals surface area contributed by atoms with Crippen LogP contribution in [0.1, 0.15) is 87.2 Å². The van der Waals surface area contributed by atoms with Gasteiger partial charge in [0.15, 0.2) is 0 Å². The van der Waals surface area contributed by atoms with Gasteiger partial charge in [0.2, 0.25) is 10.0 Å². The van der Waals surface area contributed by atoms with E-state index in [1.54, 1.807) is 13.2 Å². The van der Waals surface area contributed by atoms with Crippen molar-refractivity contribution in [3.05, 3.63) is 131 Å². The number of amides is 1. The highest BCUT2D eigenvalue weighted by Crippen LogP contribution is 2.47. The molecule has 2 heterocycles. The zero-order valence-electron chi connectivity index (χ0n) is 35.4. The summed E-state index contributed by atoms with van der Waals surface area (Å²) in [6.45, 7) is 8.83. The van der Waals surface area contributed by atoms with Gasteiger partial charge < -0.3 is 18.8 Å². The molecule has 1 fully saturated rings. The molecule has 2 aliphatic carbocycles. The Labute approximate surface area is 362 Å². The van der Waals surface area contributed by atoms with Gasteiger partial charge in [0.1, 0.15) is 5.75 Å². The molecule has 0 unspecified atom stereocenters. The highest BCUT2D eigenvalue weighted by molar-refractivity contribution is 7.90. The molecule has 5 atom stereocenters. The second kappa shape index (κ2) is 17.4. The maximum absolute atomic E-state index is 14.4. The summed E-state index contributed by atoms with van der Waals surface area (Å²) in [6.07, 6.45) is 10.3. The molecular formula is C49H59ClN2O6SSi. The van der Waals surface area contributed by atoms with Crippen molar-refractivity contribution in [3.63, 3.8) is 0 Å². The molecule has 11 heteroatoms. The van der Waals surface area contributed by atoms with Crippen LogP contribution in [-0.2, 0) is 31.0 Å². The number of sulfonamides is 1. The maximum atomic E-state index is 14.4. The van der Waals surface area contributed by atoms with Crippen molar-refractivity contribution < 1.29 is 27.1 Å². The number of carbonyl (C=O) groups is 1. The predicted molar refractivity (Wildman–Crippen MR) is 244 cm³/mol. The number of halogens is 1. The first-order chi connectivity index (χ1) is 28.8. The molecule has 1 saturated carbocycles. The molecule has 318 valence electrons. The van der Waals surface area contributed by atoms with Crippen molar-refractivity contribution in [1.29, 1.82) is 0 Å². The number of nitrogens with one attached hydrogen (secondary N) is 1. The van der Waals surface area contributed by atoms with E-state index in [2.05, 4.69) is 78.9 Å². The lowest BCUT2D eigenvalue weighted by Gasteiger charge is -2.46. The number of allylic oxidation sites excluding steroid dienone is 1. The van der Waals surface area contributed by atoms with Gasteiger partial charge in [-0.2, -0.15) is 0 Å². The first-order valence-electron chi connectivity index (χ1n) is 21.6. The number of aryl methyl sites for hydroxylation is 1. The summed E-state index contributed by atoms with van der Waals surface area (Å²) < 4.78 is 51.4. The summed E-state index contributed by atoms with van der Waals surface area (Å²) >= 11 is 6.50. The quantitative estimate of drug-likeness (QED) is 0.147. The first kappa shape index (κ1) is 42.7. The van der Waals surface area contributed by atoms with Gasteiger partial charge >= 0.3 is 0 Å². The zero-order valence-corrected chi connectivity index (χ0v) is 37.9. The molecule has 0 saturated heterocycles. The summed E-state index contributed by atoms with van der Waals surface area (Å²) in [4.78, 5) is 16.6. The summed E-state index contributed by atoms with van der Waals surface area (Å²) in [5.41, 5.74) is 3.37. The molecule has 8 nitrogen and oxygen atoms in total. The normalized spacial score (nSPS) is 26.1. The van der Waals surface area contributed by atoms with Crippen LogP contribution in [0.5, 0.6) is 5.75 Å². The average molecular weight is 868 g/mol. The van der Waals surface area contributed by atoms with E-state index in [-0.39, 0.29) is 35.1 Å². The largest absolute Gasteiger partial charge is 0.490 e. The molecule has 4 aliphatic rings. The van der Waals surface area contributed by atoms with Gasteiger partial charge in [-0.1, -0.05) is 111 Å². The number of ether oxygens (including phenoxy) is 2. The number of benzene rings is 4. The van der Waals surface area contributed by atoms with E-state index in [0.29, 0.717) is 43.6 Å². The Morgan fingerprint density at radius 2 is 1.68 bits per heavy atom. The maximum Gasteiger partial charge on any atom is 0.264 e. The van der Waals surface area contributed by atoms with Crippen LogP contribution in [0.25, 0.3) is 0 Å². The van der Waals surface area contributed by atoms with Gasteiger partial charge in [0.25, 0.3) is 14.2 Å². The second-order valence-electron chi connectivity index (χ2n) is 18.4. The molecule has 8 rings (SSSR count). The molecule has 2 aliphatic heterocycles. The topological polar surface area (TPSA) is 94.2 Å². The third-order valence-corrected chi connectivity index (χ3v) is 20.9. The highest BCUT2D eigenvalue weighted by Gasteiger charge is 2.50. The zero-order chi connectivity index (χ0) is 42.1. The fourth-order valence-corrected chi connectivity index (χ4v) is 16.7. The Morgan fingerprint density at radius 3 is 2.35 bits per heavy atom. The number of fused-ring (bicyclic) bond motifs is 4. The fourth-order valence-electron chi connectivity index (χ4n) is 10.5. The second-order valence-corrected chi connectivity index (χ2v) is 25.1. The van der Waals surface area contributed by atoms with E-state index < -0.39 is 29.5 Å². The Hall–Kier alpha value is -3.93. The van der Waals surface area contributed by atoms with E-state index in [0.717, 1.165) is 59.7 Å². The molecule has 1 amide bonds. The van der Waals surface area contributed by atoms with Crippen molar-refractivity contribution in [1.82, 2.24) is 4.72 Å². The highest BCUT2D eigenvalue weighted by atomic mass is 35.5. The van der Waals surface area contributed by atoms with Crippen LogP contribution in [0.3, 0.4) is 0 Å². The van der Waals surface area contributed by atoms with Crippen molar-refractivity contribution in [3.8, 4) is 5.75 Å². The van der Waals surface area contributed by atoms with E-state index in [9.17, 15) is 13.2 Å². The lowest BCUT2D eigenvalue weighted by molar-refractivity contribution is 0.0132. The number of methoxy groups -OCH3 is 1. The summed E-state index contributed by atoms with van der Waals surface area (Å²) in [5.74, 6) is 0.737. The molecule has 4 aromatic carbocycles. The number of hydrogen-bond donors (Lipinski definition) is 1. The van der Waals surface area contributed by atoms with Gasteiger partial charge in [-0.3, -0.25) is 4.79 Å². The molecule has 4 aromatic rings. The number of anilines is 1.